The fourth-order valence-electron chi connectivity index (χ4n) is 2.11. The number of hydrogen-bond acceptors (Lipinski definition) is 5. The predicted molar refractivity (Wildman–Crippen MR) is 85.6 cm³/mol. The van der Waals surface area contributed by atoms with Gasteiger partial charge in [0.05, 0.1) is 17.2 Å². The number of ether oxygens (including phenoxy) is 3. The smallest absolute Gasteiger partial charge is 0.261 e. The van der Waals surface area contributed by atoms with Gasteiger partial charge in [0.15, 0.2) is 11.5 Å². The van der Waals surface area contributed by atoms with Gasteiger partial charge in [-0.1, -0.05) is 6.92 Å². The Hall–Kier alpha value is -2.41. The summed E-state index contributed by atoms with van der Waals surface area (Å²) in [7, 11) is -3.67. The molecule has 1 aliphatic rings. The molecule has 0 atom stereocenters. The lowest BCUT2D eigenvalue weighted by molar-refractivity contribution is 0.174. The van der Waals surface area contributed by atoms with Crippen molar-refractivity contribution >= 4 is 15.7 Å². The van der Waals surface area contributed by atoms with Crippen molar-refractivity contribution in [1.82, 2.24) is 0 Å². The fourth-order valence-corrected chi connectivity index (χ4v) is 3.16. The molecule has 6 nitrogen and oxygen atoms in total. The second-order valence-electron chi connectivity index (χ2n) is 4.99. The number of benzene rings is 2. The Labute approximate surface area is 135 Å². The van der Waals surface area contributed by atoms with Crippen molar-refractivity contribution in [2.24, 2.45) is 0 Å². The first-order chi connectivity index (χ1) is 11.1. The van der Waals surface area contributed by atoms with Crippen molar-refractivity contribution in [2.45, 2.75) is 18.2 Å². The number of rotatable bonds is 6. The van der Waals surface area contributed by atoms with E-state index < -0.39 is 10.0 Å². The molecule has 1 aliphatic heterocycles. The van der Waals surface area contributed by atoms with Crippen molar-refractivity contribution < 1.29 is 22.6 Å². The summed E-state index contributed by atoms with van der Waals surface area (Å²) in [5, 5.41) is 0. The molecule has 0 fully saturated rings. The molecular weight excluding hydrogens is 318 g/mol. The van der Waals surface area contributed by atoms with Gasteiger partial charge in [0, 0.05) is 6.07 Å². The summed E-state index contributed by atoms with van der Waals surface area (Å²) in [4.78, 5) is 0.166. The maximum Gasteiger partial charge on any atom is 0.261 e. The minimum atomic E-state index is -3.67. The number of anilines is 1. The number of fused-ring (bicyclic) bond motifs is 1. The van der Waals surface area contributed by atoms with Gasteiger partial charge in [0.25, 0.3) is 10.0 Å². The molecule has 1 N–H and O–H groups in total. The Morgan fingerprint density at radius 3 is 2.57 bits per heavy atom. The Balaban J connectivity index is 1.76. The van der Waals surface area contributed by atoms with Gasteiger partial charge in [0.1, 0.15) is 5.75 Å². The first kappa shape index (κ1) is 15.5. The monoisotopic (exact) mass is 335 g/mol. The highest BCUT2D eigenvalue weighted by atomic mass is 32.2. The Bertz CT molecular complexity index is 787. The summed E-state index contributed by atoms with van der Waals surface area (Å²) in [5.41, 5.74) is 0.417. The van der Waals surface area contributed by atoms with Gasteiger partial charge in [-0.3, -0.25) is 4.72 Å². The maximum absolute atomic E-state index is 12.4. The molecular formula is C16H17NO5S. The van der Waals surface area contributed by atoms with E-state index in [-0.39, 0.29) is 11.7 Å². The summed E-state index contributed by atoms with van der Waals surface area (Å²) < 4.78 is 43.2. The van der Waals surface area contributed by atoms with Crippen LogP contribution in [-0.2, 0) is 10.0 Å². The molecule has 2 aromatic rings. The Kier molecular flexibility index (Phi) is 4.29. The molecule has 23 heavy (non-hydrogen) atoms. The highest BCUT2D eigenvalue weighted by Crippen LogP contribution is 2.34. The quantitative estimate of drug-likeness (QED) is 0.878. The molecule has 0 bridgehead atoms. The second kappa shape index (κ2) is 6.37. The van der Waals surface area contributed by atoms with Crippen LogP contribution in [0.4, 0.5) is 5.69 Å². The van der Waals surface area contributed by atoms with E-state index in [4.69, 9.17) is 14.2 Å². The molecule has 0 unspecified atom stereocenters. The standard InChI is InChI=1S/C16H17NO5S/c1-2-9-20-13-4-6-14(7-5-13)23(18,19)17-12-3-8-15-16(10-12)22-11-21-15/h3-8,10,17H,2,9,11H2,1H3. The molecule has 0 aromatic heterocycles. The first-order valence-corrected chi connectivity index (χ1v) is 8.72. The van der Waals surface area contributed by atoms with Crippen LogP contribution >= 0.6 is 0 Å². The Morgan fingerprint density at radius 2 is 1.83 bits per heavy atom. The van der Waals surface area contributed by atoms with Gasteiger partial charge in [-0.2, -0.15) is 0 Å². The van der Waals surface area contributed by atoms with E-state index in [0.29, 0.717) is 29.5 Å². The van der Waals surface area contributed by atoms with Crippen LogP contribution in [0.5, 0.6) is 17.2 Å². The normalized spacial score (nSPS) is 12.9. The van der Waals surface area contributed by atoms with E-state index in [2.05, 4.69) is 4.72 Å². The average Bonchev–Trinajstić information content (AvgIpc) is 3.00. The van der Waals surface area contributed by atoms with Crippen LogP contribution in [-0.4, -0.2) is 21.8 Å². The van der Waals surface area contributed by atoms with Crippen molar-refractivity contribution in [3.8, 4) is 17.2 Å². The summed E-state index contributed by atoms with van der Waals surface area (Å²) in [5.74, 6) is 1.77. The molecule has 2 aromatic carbocycles. The molecule has 0 spiro atoms. The largest absolute Gasteiger partial charge is 0.494 e. The molecule has 122 valence electrons. The van der Waals surface area contributed by atoms with E-state index >= 15 is 0 Å². The van der Waals surface area contributed by atoms with Crippen molar-refractivity contribution in [3.63, 3.8) is 0 Å². The lowest BCUT2D eigenvalue weighted by Gasteiger charge is -2.10. The predicted octanol–water partition coefficient (Wildman–Crippen LogP) is 3.00. The van der Waals surface area contributed by atoms with Gasteiger partial charge in [-0.15, -0.1) is 0 Å². The van der Waals surface area contributed by atoms with Crippen LogP contribution < -0.4 is 18.9 Å². The van der Waals surface area contributed by atoms with Crippen LogP contribution in [0.15, 0.2) is 47.4 Å². The highest BCUT2D eigenvalue weighted by molar-refractivity contribution is 7.92. The van der Waals surface area contributed by atoms with Crippen LogP contribution in [0, 0.1) is 0 Å². The Morgan fingerprint density at radius 1 is 1.09 bits per heavy atom. The SMILES string of the molecule is CCCOc1ccc(S(=O)(=O)Nc2ccc3c(c2)OCO3)cc1. The van der Waals surface area contributed by atoms with E-state index in [0.717, 1.165) is 6.42 Å². The van der Waals surface area contributed by atoms with Crippen molar-refractivity contribution in [2.75, 3.05) is 18.1 Å². The molecule has 0 saturated heterocycles. The minimum Gasteiger partial charge on any atom is -0.494 e. The second-order valence-corrected chi connectivity index (χ2v) is 6.68. The minimum absolute atomic E-state index is 0.144. The summed E-state index contributed by atoms with van der Waals surface area (Å²) in [6, 6.07) is 11.2. The molecule has 3 rings (SSSR count). The topological polar surface area (TPSA) is 73.9 Å². The third kappa shape index (κ3) is 3.50. The van der Waals surface area contributed by atoms with E-state index in [9.17, 15) is 8.42 Å². The summed E-state index contributed by atoms with van der Waals surface area (Å²) in [6.07, 6.45) is 0.895. The zero-order valence-corrected chi connectivity index (χ0v) is 13.4. The van der Waals surface area contributed by atoms with Crippen LogP contribution in [0.3, 0.4) is 0 Å². The van der Waals surface area contributed by atoms with Gasteiger partial charge in [-0.05, 0) is 42.8 Å². The zero-order valence-electron chi connectivity index (χ0n) is 12.6. The number of nitrogens with one attached hydrogen (secondary N) is 1. The lowest BCUT2D eigenvalue weighted by Crippen LogP contribution is -2.12. The van der Waals surface area contributed by atoms with Gasteiger partial charge < -0.3 is 14.2 Å². The third-order valence-corrected chi connectivity index (χ3v) is 4.63. The third-order valence-electron chi connectivity index (χ3n) is 3.23. The fraction of sp³-hybridized carbons (Fsp3) is 0.250. The van der Waals surface area contributed by atoms with E-state index in [1.807, 2.05) is 6.92 Å². The molecule has 0 saturated carbocycles. The van der Waals surface area contributed by atoms with Gasteiger partial charge in [0.2, 0.25) is 6.79 Å². The molecule has 0 radical (unpaired) electrons. The zero-order chi connectivity index (χ0) is 16.3. The molecule has 0 amide bonds. The van der Waals surface area contributed by atoms with Gasteiger partial charge >= 0.3 is 0 Å². The first-order valence-electron chi connectivity index (χ1n) is 7.24. The van der Waals surface area contributed by atoms with Crippen molar-refractivity contribution in [3.05, 3.63) is 42.5 Å². The van der Waals surface area contributed by atoms with Gasteiger partial charge in [-0.25, -0.2) is 8.42 Å². The van der Waals surface area contributed by atoms with Crippen LogP contribution in [0.1, 0.15) is 13.3 Å². The average molecular weight is 335 g/mol. The summed E-state index contributed by atoms with van der Waals surface area (Å²) >= 11 is 0. The van der Waals surface area contributed by atoms with Crippen LogP contribution in [0.2, 0.25) is 0 Å². The lowest BCUT2D eigenvalue weighted by atomic mass is 10.3. The number of hydrogen-bond donors (Lipinski definition) is 1. The number of sulfonamides is 1. The van der Waals surface area contributed by atoms with E-state index in [1.54, 1.807) is 30.3 Å². The van der Waals surface area contributed by atoms with Crippen molar-refractivity contribution in [1.29, 1.82) is 0 Å². The maximum atomic E-state index is 12.4. The summed E-state index contributed by atoms with van der Waals surface area (Å²) in [6.45, 7) is 2.75. The molecule has 7 heteroatoms. The molecule has 1 heterocycles. The van der Waals surface area contributed by atoms with Crippen LogP contribution in [0.25, 0.3) is 0 Å². The highest BCUT2D eigenvalue weighted by Gasteiger charge is 2.18. The molecule has 0 aliphatic carbocycles. The van der Waals surface area contributed by atoms with E-state index in [1.165, 1.54) is 12.1 Å².